The van der Waals surface area contributed by atoms with Crippen LogP contribution in [0, 0.1) is 11.3 Å². The van der Waals surface area contributed by atoms with Gasteiger partial charge in [0.15, 0.2) is 0 Å². The van der Waals surface area contributed by atoms with E-state index in [4.69, 9.17) is 9.47 Å². The Labute approximate surface area is 322 Å². The van der Waals surface area contributed by atoms with Crippen molar-refractivity contribution < 1.29 is 41.9 Å². The average molecular weight is 780 g/mol. The third-order valence-electron chi connectivity index (χ3n) is 11.8. The fourth-order valence-corrected chi connectivity index (χ4v) is 9.59. The number of cyclic esters (lactones) is 1. The molecule has 5 atom stereocenters. The predicted molar refractivity (Wildman–Crippen MR) is 202 cm³/mol. The molecule has 4 heterocycles. The van der Waals surface area contributed by atoms with Crippen molar-refractivity contribution in [3.8, 4) is 0 Å². The Kier molecular flexibility index (Phi) is 11.0. The van der Waals surface area contributed by atoms with E-state index in [0.717, 1.165) is 48.8 Å². The molecule has 5 bridgehead atoms. The van der Waals surface area contributed by atoms with Gasteiger partial charge in [-0.25, -0.2) is 18.0 Å². The van der Waals surface area contributed by atoms with Gasteiger partial charge in [0, 0.05) is 18.9 Å². The zero-order valence-corrected chi connectivity index (χ0v) is 32.5. The first-order chi connectivity index (χ1) is 26.2. The van der Waals surface area contributed by atoms with Crippen molar-refractivity contribution in [2.45, 2.75) is 133 Å². The quantitative estimate of drug-likeness (QED) is 0.374. The molecule has 0 radical (unpaired) electrons. The van der Waals surface area contributed by atoms with Gasteiger partial charge in [-0.15, -0.1) is 0 Å². The van der Waals surface area contributed by atoms with Crippen LogP contribution in [0.4, 0.5) is 9.59 Å². The van der Waals surface area contributed by atoms with Crippen molar-refractivity contribution in [1.82, 2.24) is 25.2 Å². The maximum absolute atomic E-state index is 14.5. The number of ether oxygens (including phenoxy) is 2. The molecule has 0 unspecified atom stereocenters. The van der Waals surface area contributed by atoms with Crippen molar-refractivity contribution in [3.05, 3.63) is 53.1 Å². The highest BCUT2D eigenvalue weighted by molar-refractivity contribution is 7.91. The molecule has 55 heavy (non-hydrogen) atoms. The number of amides is 5. The number of hydrogen-bond donors (Lipinski definition) is 3. The van der Waals surface area contributed by atoms with Crippen LogP contribution < -0.4 is 15.4 Å². The van der Waals surface area contributed by atoms with Crippen LogP contribution in [0.3, 0.4) is 0 Å². The number of benzene rings is 1. The van der Waals surface area contributed by atoms with Gasteiger partial charge in [-0.1, -0.05) is 69.2 Å². The van der Waals surface area contributed by atoms with Gasteiger partial charge in [-0.3, -0.25) is 24.0 Å². The van der Waals surface area contributed by atoms with Crippen LogP contribution in [0.15, 0.2) is 36.4 Å². The van der Waals surface area contributed by atoms with Gasteiger partial charge in [-0.05, 0) is 79.9 Å². The number of carbonyl (C=O) groups is 5. The topological polar surface area (TPSA) is 181 Å². The molecule has 6 aliphatic rings. The van der Waals surface area contributed by atoms with E-state index < -0.39 is 74.8 Å². The Balaban J connectivity index is 1.18. The van der Waals surface area contributed by atoms with E-state index in [9.17, 15) is 32.4 Å². The Bertz CT molecular complexity index is 1870. The molecule has 5 amide bonds. The number of fused-ring (bicyclic) bond motifs is 4. The van der Waals surface area contributed by atoms with Crippen LogP contribution in [0.2, 0.25) is 0 Å². The van der Waals surface area contributed by atoms with Crippen molar-refractivity contribution in [1.29, 1.82) is 0 Å². The summed E-state index contributed by atoms with van der Waals surface area (Å²) in [5.41, 5.74) is 1.24. The Morgan fingerprint density at radius 3 is 2.58 bits per heavy atom. The molecule has 1 saturated heterocycles. The van der Waals surface area contributed by atoms with Gasteiger partial charge in [0.05, 0.1) is 24.9 Å². The fraction of sp³-hybridized carbons (Fsp3) is 0.625. The molecule has 3 fully saturated rings. The predicted octanol–water partition coefficient (Wildman–Crippen LogP) is 4.43. The summed E-state index contributed by atoms with van der Waals surface area (Å²) in [6, 6.07) is 3.78. The highest BCUT2D eigenvalue weighted by Gasteiger charge is 2.62. The van der Waals surface area contributed by atoms with Crippen LogP contribution in [0.5, 0.6) is 0 Å². The molecule has 2 aliphatic carbocycles. The lowest BCUT2D eigenvalue weighted by Crippen LogP contribution is -2.58. The summed E-state index contributed by atoms with van der Waals surface area (Å²) in [6.07, 6.45) is 12.5. The van der Waals surface area contributed by atoms with E-state index in [1.165, 1.54) is 4.90 Å². The summed E-state index contributed by atoms with van der Waals surface area (Å²) >= 11 is 0. The zero-order chi connectivity index (χ0) is 39.0. The third-order valence-corrected chi connectivity index (χ3v) is 13.6. The Hall–Kier alpha value is -4.40. The molecule has 7 rings (SSSR count). The van der Waals surface area contributed by atoms with Gasteiger partial charge in [0.25, 0.3) is 5.91 Å². The van der Waals surface area contributed by atoms with E-state index in [1.807, 2.05) is 44.2 Å². The van der Waals surface area contributed by atoms with Crippen LogP contribution in [0.25, 0.3) is 6.08 Å². The molecule has 3 N–H and O–H groups in total. The van der Waals surface area contributed by atoms with E-state index in [-0.39, 0.29) is 31.4 Å². The van der Waals surface area contributed by atoms with Crippen LogP contribution in [-0.2, 0) is 47.0 Å². The first kappa shape index (κ1) is 38.9. The molecule has 1 aromatic rings. The lowest BCUT2D eigenvalue weighted by atomic mass is 9.88. The van der Waals surface area contributed by atoms with E-state index in [0.29, 0.717) is 45.2 Å². The van der Waals surface area contributed by atoms with Gasteiger partial charge in [0.2, 0.25) is 21.8 Å². The number of hydrogen-bond acceptors (Lipinski definition) is 9. The minimum absolute atomic E-state index is 0.0535. The zero-order valence-electron chi connectivity index (χ0n) is 31.7. The molecule has 0 spiro atoms. The molecule has 298 valence electrons. The second kappa shape index (κ2) is 15.6. The first-order valence-electron chi connectivity index (χ1n) is 19.8. The van der Waals surface area contributed by atoms with Gasteiger partial charge in [-0.2, -0.15) is 0 Å². The molecular formula is C40H53N5O9S. The maximum Gasteiger partial charge on any atom is 0.410 e. The Morgan fingerprint density at radius 1 is 0.982 bits per heavy atom. The van der Waals surface area contributed by atoms with Crippen LogP contribution in [0.1, 0.15) is 108 Å². The number of alkyl carbamates (subject to hydrolysis) is 1. The highest BCUT2D eigenvalue weighted by Crippen LogP contribution is 2.46. The summed E-state index contributed by atoms with van der Waals surface area (Å²) in [4.78, 5) is 72.4. The molecule has 14 nitrogen and oxygen atoms in total. The minimum atomic E-state index is -3.90. The second-order valence-electron chi connectivity index (χ2n) is 16.8. The number of nitrogens with zero attached hydrogens (tertiary/aromatic N) is 2. The fourth-order valence-electron chi connectivity index (χ4n) is 8.22. The monoisotopic (exact) mass is 779 g/mol. The lowest BCUT2D eigenvalue weighted by Gasteiger charge is -2.30. The smallest absolute Gasteiger partial charge is 0.410 e. The number of allylic oxidation sites excluding steroid dienone is 2. The summed E-state index contributed by atoms with van der Waals surface area (Å²) in [7, 11) is -3.90. The molecular weight excluding hydrogens is 727 g/mol. The number of nitrogens with one attached hydrogen (secondary N) is 3. The van der Waals surface area contributed by atoms with Crippen LogP contribution in [-0.4, -0.2) is 90.3 Å². The third kappa shape index (κ3) is 8.86. The highest BCUT2D eigenvalue weighted by atomic mass is 32.2. The van der Waals surface area contributed by atoms with Gasteiger partial charge < -0.3 is 25.0 Å². The number of sulfonamides is 1. The van der Waals surface area contributed by atoms with E-state index in [2.05, 4.69) is 27.5 Å². The lowest BCUT2D eigenvalue weighted by molar-refractivity contribution is -0.141. The summed E-state index contributed by atoms with van der Waals surface area (Å²) < 4.78 is 39.5. The number of rotatable bonds is 3. The van der Waals surface area contributed by atoms with Gasteiger partial charge in [0.1, 0.15) is 23.7 Å². The minimum Gasteiger partial charge on any atom is -0.449 e. The molecule has 0 aromatic heterocycles. The molecule has 4 aliphatic heterocycles. The van der Waals surface area contributed by atoms with Crippen molar-refractivity contribution in [2.75, 3.05) is 13.2 Å². The second-order valence-corrected chi connectivity index (χ2v) is 18.8. The maximum atomic E-state index is 14.5. The molecule has 2 saturated carbocycles. The standard InChI is InChI=1S/C40H53N5O9S/c1-39(2)19-10-6-7-12-26-13-11-14-27-22-44(24-31(26)27)38(50)54-29-20-33-34(46)42-40(36(48)43-55(51,52)30-17-18-30)21-28(40)15-8-4-3-5-9-16-32(35(47)45(33)23-29)41-37(49)53-25-39/h7-8,11-15,28-30,32-33H,3-6,9-10,16-25H2,1-2H3,(H,41,49)(H,42,46)(H,43,48)/b12-7+,15-8-/t28-,29+,32-,33-,40+/m0/s1. The Morgan fingerprint density at radius 2 is 1.78 bits per heavy atom. The van der Waals surface area contributed by atoms with Crippen molar-refractivity contribution in [2.24, 2.45) is 11.3 Å². The average Bonchev–Trinajstić information content (AvgIpc) is 4.02. The van der Waals surface area contributed by atoms with Crippen molar-refractivity contribution in [3.63, 3.8) is 0 Å². The normalized spacial score (nSPS) is 31.6. The summed E-state index contributed by atoms with van der Waals surface area (Å²) in [5.74, 6) is -2.45. The molecule has 15 heteroatoms. The van der Waals surface area contributed by atoms with Crippen LogP contribution >= 0.6 is 0 Å². The largest absolute Gasteiger partial charge is 0.449 e. The van der Waals surface area contributed by atoms with E-state index in [1.54, 1.807) is 4.90 Å². The summed E-state index contributed by atoms with van der Waals surface area (Å²) in [5, 5.41) is 4.98. The SMILES string of the molecule is CC1(C)CCC/C=C/c2cccc3c2CN(C3)C(=O)O[C@@H]2C[C@H]3C(=O)N[C@]4(C(=O)NS(=O)(=O)C5CC5)C[C@@H]4/C=C\CCCCC[C@H](NC(=O)OC1)C(=O)N3C2. The first-order valence-corrected chi connectivity index (χ1v) is 21.3. The molecule has 1 aromatic carbocycles. The number of carbonyl (C=O) groups excluding carboxylic acids is 5. The summed E-state index contributed by atoms with van der Waals surface area (Å²) in [6.45, 7) is 4.80. The van der Waals surface area contributed by atoms with Crippen molar-refractivity contribution >= 4 is 46.0 Å². The van der Waals surface area contributed by atoms with Gasteiger partial charge >= 0.3 is 12.2 Å². The van der Waals surface area contributed by atoms with E-state index >= 15 is 0 Å².